The smallest absolute Gasteiger partial charge is 0.293 e. The summed E-state index contributed by atoms with van der Waals surface area (Å²) < 4.78 is 60.3. The number of pyridine rings is 2. The summed E-state index contributed by atoms with van der Waals surface area (Å²) in [5, 5.41) is 16.4. The Kier molecular flexibility index (Phi) is 15.4. The third-order valence-electron chi connectivity index (χ3n) is 18.6. The second-order valence-electron chi connectivity index (χ2n) is 23.6. The number of sulfonamides is 1. The first-order valence-electron chi connectivity index (χ1n) is 29.4. The van der Waals surface area contributed by atoms with Gasteiger partial charge < -0.3 is 48.7 Å². The van der Waals surface area contributed by atoms with E-state index in [1.54, 1.807) is 13.2 Å². The zero-order valence-corrected chi connectivity index (χ0v) is 48.0. The standard InChI is InChI=1S/C61H73N11O10S/c1-40-5-3-4-6-47(40)54-38-67(37-42-29-55(78-2)58(64-36-42)69-22-27-80-28-23-69)20-21-70(54)45-33-61(34-45)15-18-68(19-16-61)44-7-9-48(51(31-44)71-50-14-26-81-39-56(50)82-60-53(71)30-43-11-17-62-57(43)65-60)59(73)66-83(76,77)46-8-10-49(52(32-46)72(74)75)63-35-41-12-24-79-25-13-41/h3-11,17,29-32,36,41,45,50,54,56,63H,12-16,18-28,33-35,37-39H2,1-2H3,(H,62,65)(H,66,73)/t50-,54-,56-/m0/s1. The van der Waals surface area contributed by atoms with Crippen LogP contribution in [0.2, 0.25) is 0 Å². The fourth-order valence-electron chi connectivity index (χ4n) is 14.0. The molecule has 6 aliphatic heterocycles. The molecular formula is C61H73N11O10S. The van der Waals surface area contributed by atoms with Crippen molar-refractivity contribution in [2.24, 2.45) is 11.3 Å². The van der Waals surface area contributed by atoms with Crippen molar-refractivity contribution in [3.63, 3.8) is 0 Å². The number of aromatic nitrogens is 3. The SMILES string of the molecule is COc1cc(CN2CCN(C3CC4(CCN(c5ccc(C(=O)NS(=O)(=O)c6ccc(NCC7CCOCC7)c([N+](=O)[O-])c6)c(N6c7cc8cc[nH]c8nc7O[C@H]7COCC[C@@H]76)c5)CC4)C3)[C@H](c3ccccc3C)C2)cnc1N1CCOCC1. The van der Waals surface area contributed by atoms with Crippen molar-refractivity contribution in [1.29, 1.82) is 0 Å². The van der Waals surface area contributed by atoms with E-state index < -0.39 is 37.5 Å². The molecule has 0 radical (unpaired) electrons. The monoisotopic (exact) mass is 1150 g/mol. The highest BCUT2D eigenvalue weighted by Crippen LogP contribution is 2.54. The van der Waals surface area contributed by atoms with E-state index in [0.29, 0.717) is 81.6 Å². The lowest BCUT2D eigenvalue weighted by atomic mass is 9.59. The average Bonchev–Trinajstić information content (AvgIpc) is 4.11. The van der Waals surface area contributed by atoms with Crippen LogP contribution < -0.4 is 34.2 Å². The van der Waals surface area contributed by atoms with Crippen molar-refractivity contribution < 1.29 is 41.8 Å². The van der Waals surface area contributed by atoms with Gasteiger partial charge in [-0.25, -0.2) is 18.1 Å². The number of ether oxygens (including phenoxy) is 5. The molecule has 1 amide bonds. The van der Waals surface area contributed by atoms with Gasteiger partial charge in [-0.3, -0.25) is 24.7 Å². The van der Waals surface area contributed by atoms with Crippen LogP contribution in [-0.4, -0.2) is 161 Å². The molecule has 0 bridgehead atoms. The predicted octanol–water partition coefficient (Wildman–Crippen LogP) is 7.97. The predicted molar refractivity (Wildman–Crippen MR) is 315 cm³/mol. The largest absolute Gasteiger partial charge is 0.493 e. The Hall–Kier alpha value is -7.08. The highest BCUT2D eigenvalue weighted by Gasteiger charge is 2.50. The van der Waals surface area contributed by atoms with E-state index in [1.165, 1.54) is 23.3 Å². The number of nitrogens with zero attached hydrogens (tertiary/aromatic N) is 8. The number of aromatic amines is 1. The molecule has 3 N–H and O–H groups in total. The lowest BCUT2D eigenvalue weighted by Gasteiger charge is -2.58. The van der Waals surface area contributed by atoms with Crippen molar-refractivity contribution >= 4 is 61.2 Å². The number of rotatable bonds is 15. The van der Waals surface area contributed by atoms with E-state index in [9.17, 15) is 23.3 Å². The van der Waals surface area contributed by atoms with Crippen LogP contribution in [0.3, 0.4) is 0 Å². The van der Waals surface area contributed by atoms with Gasteiger partial charge in [0, 0.05) is 120 Å². The highest BCUT2D eigenvalue weighted by molar-refractivity contribution is 7.90. The molecule has 1 spiro atoms. The van der Waals surface area contributed by atoms with Crippen molar-refractivity contribution in [2.75, 3.05) is 119 Å². The Morgan fingerprint density at radius 1 is 0.880 bits per heavy atom. The summed E-state index contributed by atoms with van der Waals surface area (Å²) in [6.45, 7) is 12.9. The number of fused-ring (bicyclic) bond motifs is 3. The maximum absolute atomic E-state index is 14.8. The minimum Gasteiger partial charge on any atom is -0.493 e. The lowest BCUT2D eigenvalue weighted by Crippen LogP contribution is -2.59. The number of hydrogen-bond acceptors (Lipinski definition) is 18. The maximum atomic E-state index is 14.8. The van der Waals surface area contributed by atoms with E-state index >= 15 is 0 Å². The van der Waals surface area contributed by atoms with Crippen LogP contribution in [0.15, 0.2) is 96.2 Å². The molecule has 3 aromatic heterocycles. The molecule has 9 heterocycles. The molecule has 21 nitrogen and oxygen atoms in total. The lowest BCUT2D eigenvalue weighted by molar-refractivity contribution is -0.384. The Morgan fingerprint density at radius 2 is 1.67 bits per heavy atom. The fourth-order valence-corrected chi connectivity index (χ4v) is 14.9. The Balaban J connectivity index is 0.740. The van der Waals surface area contributed by atoms with Gasteiger partial charge in [0.15, 0.2) is 11.6 Å². The molecule has 83 heavy (non-hydrogen) atoms. The molecule has 3 aromatic carbocycles. The topological polar surface area (TPSA) is 222 Å². The molecule has 3 atom stereocenters. The van der Waals surface area contributed by atoms with Crippen LogP contribution in [0.1, 0.15) is 78.0 Å². The van der Waals surface area contributed by atoms with Crippen molar-refractivity contribution in [3.05, 3.63) is 124 Å². The van der Waals surface area contributed by atoms with E-state index in [0.717, 1.165) is 125 Å². The number of carbonyl (C=O) groups excluding carboxylic acids is 1. The van der Waals surface area contributed by atoms with Gasteiger partial charge in [-0.2, -0.15) is 4.98 Å². The molecular weight excluding hydrogens is 1080 g/mol. The van der Waals surface area contributed by atoms with Gasteiger partial charge in [-0.05, 0) is 128 Å². The minimum absolute atomic E-state index is 0.116. The van der Waals surface area contributed by atoms with Crippen LogP contribution in [0, 0.1) is 28.4 Å². The normalized spacial score (nSPS) is 22.6. The van der Waals surface area contributed by atoms with E-state index in [2.05, 4.69) is 76.8 Å². The second kappa shape index (κ2) is 23.2. The zero-order chi connectivity index (χ0) is 56.8. The van der Waals surface area contributed by atoms with Crippen LogP contribution >= 0.6 is 0 Å². The molecule has 0 unspecified atom stereocenters. The third kappa shape index (κ3) is 11.2. The van der Waals surface area contributed by atoms with Crippen molar-refractivity contribution in [3.8, 4) is 11.6 Å². The van der Waals surface area contributed by atoms with Crippen LogP contribution in [-0.2, 0) is 30.8 Å². The number of hydrogen-bond donors (Lipinski definition) is 3. The molecule has 6 fully saturated rings. The number of morpholine rings is 1. The number of anilines is 5. The summed E-state index contributed by atoms with van der Waals surface area (Å²) >= 11 is 0. The fraction of sp³-hybridized carbons (Fsp3) is 0.492. The molecule has 22 heteroatoms. The number of piperazine rings is 1. The number of nitro groups is 1. The first-order valence-corrected chi connectivity index (χ1v) is 30.8. The summed E-state index contributed by atoms with van der Waals surface area (Å²) in [6.07, 6.45) is 9.87. The number of benzene rings is 3. The molecule has 7 aliphatic rings. The minimum atomic E-state index is -4.62. The number of nitrogens with one attached hydrogen (secondary N) is 3. The Morgan fingerprint density at radius 3 is 2.47 bits per heavy atom. The zero-order valence-electron chi connectivity index (χ0n) is 47.2. The quantitative estimate of drug-likeness (QED) is 0.0655. The van der Waals surface area contributed by atoms with Crippen LogP contribution in [0.4, 0.5) is 34.3 Å². The molecule has 438 valence electrons. The summed E-state index contributed by atoms with van der Waals surface area (Å²) in [6, 6.07) is 24.6. The van der Waals surface area contributed by atoms with Gasteiger partial charge in [0.2, 0.25) is 5.88 Å². The molecule has 13 rings (SSSR count). The third-order valence-corrected chi connectivity index (χ3v) is 19.9. The number of piperidine rings is 1. The van der Waals surface area contributed by atoms with Crippen molar-refractivity contribution in [1.82, 2.24) is 29.5 Å². The summed E-state index contributed by atoms with van der Waals surface area (Å²) in [7, 11) is -2.90. The molecule has 5 saturated heterocycles. The van der Waals surface area contributed by atoms with E-state index in [4.69, 9.17) is 33.7 Å². The average molecular weight is 1150 g/mol. The van der Waals surface area contributed by atoms with Gasteiger partial charge >= 0.3 is 0 Å². The number of nitro benzene ring substituents is 1. The first kappa shape index (κ1) is 55.1. The molecule has 1 saturated carbocycles. The second-order valence-corrected chi connectivity index (χ2v) is 25.2. The van der Waals surface area contributed by atoms with Gasteiger partial charge in [0.05, 0.1) is 54.0 Å². The number of amides is 1. The molecule has 1 aliphatic carbocycles. The first-order chi connectivity index (χ1) is 40.4. The van der Waals surface area contributed by atoms with Crippen LogP contribution in [0.5, 0.6) is 11.6 Å². The number of H-pyrrole nitrogens is 1. The summed E-state index contributed by atoms with van der Waals surface area (Å²) in [5.41, 5.74) is 6.65. The Bertz CT molecular complexity index is 3480. The maximum Gasteiger partial charge on any atom is 0.293 e. The highest BCUT2D eigenvalue weighted by atomic mass is 32.2. The molecule has 6 aromatic rings. The van der Waals surface area contributed by atoms with Crippen LogP contribution in [0.25, 0.3) is 11.0 Å². The van der Waals surface area contributed by atoms with Gasteiger partial charge in [0.1, 0.15) is 23.1 Å². The number of carbonyl (C=O) groups is 1. The van der Waals surface area contributed by atoms with Crippen molar-refractivity contribution in [2.45, 2.75) is 87.5 Å². The van der Waals surface area contributed by atoms with Gasteiger partial charge in [0.25, 0.3) is 21.6 Å². The Labute approximate surface area is 483 Å². The summed E-state index contributed by atoms with van der Waals surface area (Å²) in [5.74, 6) is 1.43. The number of aryl methyl sites for hydroxylation is 1. The van der Waals surface area contributed by atoms with Gasteiger partial charge in [-0.15, -0.1) is 0 Å². The summed E-state index contributed by atoms with van der Waals surface area (Å²) in [4.78, 5) is 51.2. The number of methoxy groups -OCH3 is 1. The van der Waals surface area contributed by atoms with Gasteiger partial charge in [-0.1, -0.05) is 24.3 Å². The van der Waals surface area contributed by atoms with E-state index in [1.807, 2.05) is 36.7 Å². The van der Waals surface area contributed by atoms with E-state index in [-0.39, 0.29) is 34.7 Å².